The Balaban J connectivity index is 1.54. The molecule has 3 rings (SSSR count). The maximum atomic E-state index is 12.3. The molecule has 2 aromatic carbocycles. The summed E-state index contributed by atoms with van der Waals surface area (Å²) in [5.41, 5.74) is 0.677. The predicted molar refractivity (Wildman–Crippen MR) is 101 cm³/mol. The molecule has 0 atom stereocenters. The molecule has 0 unspecified atom stereocenters. The zero-order chi connectivity index (χ0) is 18.5. The van der Waals surface area contributed by atoms with Crippen LogP contribution < -0.4 is 10.3 Å². The molecule has 0 radical (unpaired) electrons. The van der Waals surface area contributed by atoms with E-state index in [2.05, 4.69) is 4.98 Å². The minimum absolute atomic E-state index is 0.0381. The number of benzene rings is 2. The fourth-order valence-corrected chi connectivity index (χ4v) is 3.29. The monoisotopic (exact) mass is 371 g/mol. The molecule has 0 saturated carbocycles. The van der Waals surface area contributed by atoms with E-state index in [0.717, 1.165) is 12.2 Å². The molecule has 0 bridgehead atoms. The summed E-state index contributed by atoms with van der Waals surface area (Å²) in [6.45, 7) is 0.479. The normalized spacial score (nSPS) is 10.8. The standard InChI is InChI=1S/C18H17N3O4S/c1-20-17(22)15-5-2-3-6-16(15)19-18(20)26-12-4-11-25-14-9-7-13(8-10-14)21(23)24/h2-3,5-10H,4,11-12H2,1H3. The molecule has 0 spiro atoms. The van der Waals surface area contributed by atoms with Crippen LogP contribution in [0.2, 0.25) is 0 Å². The molecule has 7 nitrogen and oxygen atoms in total. The Morgan fingerprint density at radius 3 is 2.65 bits per heavy atom. The highest BCUT2D eigenvalue weighted by Crippen LogP contribution is 2.19. The maximum absolute atomic E-state index is 12.3. The van der Waals surface area contributed by atoms with Gasteiger partial charge < -0.3 is 4.74 Å². The lowest BCUT2D eigenvalue weighted by Gasteiger charge is -2.09. The molecule has 0 amide bonds. The number of non-ortho nitro benzene ring substituents is 1. The number of ether oxygens (including phenoxy) is 1. The van der Waals surface area contributed by atoms with Crippen LogP contribution in [0, 0.1) is 10.1 Å². The van der Waals surface area contributed by atoms with Gasteiger partial charge in [0, 0.05) is 24.9 Å². The van der Waals surface area contributed by atoms with Crippen molar-refractivity contribution in [2.75, 3.05) is 12.4 Å². The lowest BCUT2D eigenvalue weighted by molar-refractivity contribution is -0.384. The summed E-state index contributed by atoms with van der Waals surface area (Å²) >= 11 is 1.50. The molecule has 3 aromatic rings. The lowest BCUT2D eigenvalue weighted by Crippen LogP contribution is -2.20. The van der Waals surface area contributed by atoms with Crippen LogP contribution in [0.3, 0.4) is 0 Å². The van der Waals surface area contributed by atoms with Gasteiger partial charge in [-0.25, -0.2) is 4.98 Å². The number of nitrogens with zero attached hydrogens (tertiary/aromatic N) is 3. The predicted octanol–water partition coefficient (Wildman–Crippen LogP) is 3.40. The molecule has 0 fully saturated rings. The Labute approximate surface area is 153 Å². The minimum atomic E-state index is -0.443. The van der Waals surface area contributed by atoms with Gasteiger partial charge in [-0.15, -0.1) is 0 Å². The van der Waals surface area contributed by atoms with E-state index in [9.17, 15) is 14.9 Å². The van der Waals surface area contributed by atoms with Crippen LogP contribution in [0.15, 0.2) is 58.5 Å². The van der Waals surface area contributed by atoms with Crippen molar-refractivity contribution >= 4 is 28.4 Å². The van der Waals surface area contributed by atoms with Crippen molar-refractivity contribution in [1.82, 2.24) is 9.55 Å². The first-order valence-electron chi connectivity index (χ1n) is 8.02. The van der Waals surface area contributed by atoms with Crippen LogP contribution in [0.4, 0.5) is 5.69 Å². The van der Waals surface area contributed by atoms with E-state index >= 15 is 0 Å². The van der Waals surface area contributed by atoms with Crippen molar-refractivity contribution in [2.24, 2.45) is 7.05 Å². The average Bonchev–Trinajstić information content (AvgIpc) is 2.65. The fraction of sp³-hybridized carbons (Fsp3) is 0.222. The SMILES string of the molecule is Cn1c(SCCCOc2ccc([N+](=O)[O-])cc2)nc2ccccc2c1=O. The first-order valence-corrected chi connectivity index (χ1v) is 9.00. The van der Waals surface area contributed by atoms with E-state index in [0.29, 0.717) is 28.4 Å². The van der Waals surface area contributed by atoms with Crippen LogP contribution in [-0.4, -0.2) is 26.8 Å². The fourth-order valence-electron chi connectivity index (χ4n) is 2.40. The van der Waals surface area contributed by atoms with Gasteiger partial charge in [0.1, 0.15) is 5.75 Å². The molecule has 0 aliphatic rings. The number of para-hydroxylation sites is 1. The summed E-state index contributed by atoms with van der Waals surface area (Å²) in [7, 11) is 1.72. The van der Waals surface area contributed by atoms with Crippen molar-refractivity contribution in [1.29, 1.82) is 0 Å². The van der Waals surface area contributed by atoms with Crippen LogP contribution in [0.5, 0.6) is 5.75 Å². The van der Waals surface area contributed by atoms with Gasteiger partial charge in [-0.2, -0.15) is 0 Å². The van der Waals surface area contributed by atoms with Crippen molar-refractivity contribution < 1.29 is 9.66 Å². The quantitative estimate of drug-likeness (QED) is 0.208. The Kier molecular flexibility index (Phi) is 5.52. The third-order valence-corrected chi connectivity index (χ3v) is 4.89. The smallest absolute Gasteiger partial charge is 0.269 e. The Morgan fingerprint density at radius 2 is 1.92 bits per heavy atom. The van der Waals surface area contributed by atoms with Gasteiger partial charge in [-0.05, 0) is 30.7 Å². The van der Waals surface area contributed by atoms with Gasteiger partial charge in [0.15, 0.2) is 5.16 Å². The molecule has 0 N–H and O–H groups in total. The lowest BCUT2D eigenvalue weighted by atomic mass is 10.2. The van der Waals surface area contributed by atoms with Gasteiger partial charge in [-0.1, -0.05) is 23.9 Å². The molecule has 1 heterocycles. The van der Waals surface area contributed by atoms with E-state index in [1.807, 2.05) is 18.2 Å². The number of nitro groups is 1. The Bertz CT molecular complexity index is 986. The second kappa shape index (κ2) is 8.01. The van der Waals surface area contributed by atoms with Crippen LogP contribution in [-0.2, 0) is 7.05 Å². The number of fused-ring (bicyclic) bond motifs is 1. The number of hydrogen-bond donors (Lipinski definition) is 0. The summed E-state index contributed by atoms with van der Waals surface area (Å²) in [6.07, 6.45) is 0.754. The summed E-state index contributed by atoms with van der Waals surface area (Å²) < 4.78 is 7.14. The van der Waals surface area contributed by atoms with Gasteiger partial charge in [-0.3, -0.25) is 19.5 Å². The molecule has 0 saturated heterocycles. The van der Waals surface area contributed by atoms with Gasteiger partial charge >= 0.3 is 0 Å². The average molecular weight is 371 g/mol. The molecule has 0 aliphatic heterocycles. The zero-order valence-electron chi connectivity index (χ0n) is 14.1. The summed E-state index contributed by atoms with van der Waals surface area (Å²) in [4.78, 5) is 27.0. The maximum Gasteiger partial charge on any atom is 0.269 e. The zero-order valence-corrected chi connectivity index (χ0v) is 14.9. The third kappa shape index (κ3) is 4.02. The Hall–Kier alpha value is -2.87. The van der Waals surface area contributed by atoms with Crippen molar-refractivity contribution in [3.8, 4) is 5.75 Å². The summed E-state index contributed by atoms with van der Waals surface area (Å²) in [5, 5.41) is 11.9. The first-order chi connectivity index (χ1) is 12.6. The van der Waals surface area contributed by atoms with Gasteiger partial charge in [0.05, 0.1) is 22.4 Å². The highest BCUT2D eigenvalue weighted by atomic mass is 32.2. The van der Waals surface area contributed by atoms with E-state index in [4.69, 9.17) is 4.74 Å². The highest BCUT2D eigenvalue weighted by molar-refractivity contribution is 7.99. The number of hydrogen-bond acceptors (Lipinski definition) is 6. The second-order valence-electron chi connectivity index (χ2n) is 5.58. The van der Waals surface area contributed by atoms with E-state index in [-0.39, 0.29) is 11.2 Å². The third-order valence-electron chi connectivity index (χ3n) is 3.78. The topological polar surface area (TPSA) is 87.3 Å². The number of aromatic nitrogens is 2. The molecular weight excluding hydrogens is 354 g/mol. The van der Waals surface area contributed by atoms with E-state index in [1.165, 1.54) is 23.9 Å². The molecule has 26 heavy (non-hydrogen) atoms. The van der Waals surface area contributed by atoms with Crippen LogP contribution in [0.1, 0.15) is 6.42 Å². The van der Waals surface area contributed by atoms with Crippen molar-refractivity contribution in [2.45, 2.75) is 11.6 Å². The van der Waals surface area contributed by atoms with Crippen LogP contribution >= 0.6 is 11.8 Å². The highest BCUT2D eigenvalue weighted by Gasteiger charge is 2.08. The summed E-state index contributed by atoms with van der Waals surface area (Å²) in [6, 6.07) is 13.3. The second-order valence-corrected chi connectivity index (χ2v) is 6.64. The number of nitro benzene ring substituents is 1. The van der Waals surface area contributed by atoms with E-state index in [1.54, 1.807) is 29.8 Å². The molecule has 8 heteroatoms. The largest absolute Gasteiger partial charge is 0.494 e. The summed E-state index contributed by atoms with van der Waals surface area (Å²) in [5.74, 6) is 1.34. The molecular formula is C18H17N3O4S. The van der Waals surface area contributed by atoms with E-state index < -0.39 is 4.92 Å². The first kappa shape index (κ1) is 17.9. The van der Waals surface area contributed by atoms with Crippen molar-refractivity contribution in [3.05, 3.63) is 69.0 Å². The molecule has 0 aliphatic carbocycles. The number of thioether (sulfide) groups is 1. The molecule has 134 valence electrons. The van der Waals surface area contributed by atoms with Gasteiger partial charge in [0.2, 0.25) is 0 Å². The Morgan fingerprint density at radius 1 is 1.19 bits per heavy atom. The number of rotatable bonds is 7. The molecule has 1 aromatic heterocycles. The van der Waals surface area contributed by atoms with Crippen molar-refractivity contribution in [3.63, 3.8) is 0 Å². The van der Waals surface area contributed by atoms with Crippen LogP contribution in [0.25, 0.3) is 10.9 Å². The minimum Gasteiger partial charge on any atom is -0.494 e. The van der Waals surface area contributed by atoms with Gasteiger partial charge in [0.25, 0.3) is 11.2 Å².